The van der Waals surface area contributed by atoms with E-state index in [0.29, 0.717) is 0 Å². The van der Waals surface area contributed by atoms with E-state index in [1.54, 1.807) is 0 Å². The molecule has 1 heterocycles. The summed E-state index contributed by atoms with van der Waals surface area (Å²) in [6.45, 7) is 9.46. The van der Waals surface area contributed by atoms with Crippen molar-refractivity contribution in [2.24, 2.45) is 0 Å². The Morgan fingerprint density at radius 1 is 0.593 bits per heavy atom. The van der Waals surface area contributed by atoms with Crippen molar-refractivity contribution in [3.05, 3.63) is 83.9 Å². The molecule has 0 bridgehead atoms. The van der Waals surface area contributed by atoms with Crippen molar-refractivity contribution in [2.75, 3.05) is 0 Å². The minimum absolute atomic E-state index is 1.04. The highest BCUT2D eigenvalue weighted by Crippen LogP contribution is 2.42. The molecule has 0 amide bonds. The second kappa shape index (κ2) is 6.05. The molecule has 0 aromatic heterocycles. The lowest BCUT2D eigenvalue weighted by atomic mass is 9.88. The minimum Gasteiger partial charge on any atom is -0.316 e. The summed E-state index contributed by atoms with van der Waals surface area (Å²) in [5, 5.41) is 5.42. The molecule has 0 aliphatic carbocycles. The average molecular weight is 368 g/mol. The van der Waals surface area contributed by atoms with Crippen LogP contribution in [0.5, 0.6) is 0 Å². The van der Waals surface area contributed by atoms with E-state index in [1.807, 2.05) is 0 Å². The van der Waals surface area contributed by atoms with Crippen LogP contribution in [0.25, 0.3) is 32.7 Å². The third-order valence-electron chi connectivity index (χ3n) is 5.95. The normalized spacial score (nSPS) is 14.8. The van der Waals surface area contributed by atoms with Crippen LogP contribution in [0, 0.1) is 0 Å². The Labute approximate surface area is 162 Å². The molecule has 0 N–H and O–H groups in total. The van der Waals surface area contributed by atoms with Crippen molar-refractivity contribution in [1.29, 1.82) is 0 Å². The van der Waals surface area contributed by atoms with Gasteiger partial charge in [-0.25, -0.2) is 0 Å². The first-order valence-electron chi connectivity index (χ1n) is 9.79. The zero-order chi connectivity index (χ0) is 18.6. The predicted molar refractivity (Wildman–Crippen MR) is 119 cm³/mol. The van der Waals surface area contributed by atoms with E-state index in [1.165, 1.54) is 43.8 Å². The lowest BCUT2D eigenvalue weighted by Gasteiger charge is -2.33. The Morgan fingerprint density at radius 3 is 1.48 bits per heavy atom. The SMILES string of the molecule is C[Si](C)(C)N1Cc2ccc3ccccc3c2-c2c(ccc3ccccc23)C1. The Kier molecular flexibility index (Phi) is 3.75. The molecular weight excluding hydrogens is 342 g/mol. The Bertz CT molecular complexity index is 1080. The van der Waals surface area contributed by atoms with Gasteiger partial charge in [-0.05, 0) is 43.8 Å². The van der Waals surface area contributed by atoms with E-state index in [4.69, 9.17) is 0 Å². The van der Waals surface area contributed by atoms with Crippen LogP contribution in [0.4, 0.5) is 0 Å². The van der Waals surface area contributed by atoms with Crippen molar-refractivity contribution >= 4 is 29.8 Å². The zero-order valence-electron chi connectivity index (χ0n) is 16.3. The molecule has 1 aliphatic heterocycles. The number of fused-ring (bicyclic) bond motifs is 7. The summed E-state index contributed by atoms with van der Waals surface area (Å²) < 4.78 is 2.74. The molecule has 0 radical (unpaired) electrons. The van der Waals surface area contributed by atoms with Crippen molar-refractivity contribution in [2.45, 2.75) is 32.7 Å². The van der Waals surface area contributed by atoms with Gasteiger partial charge in [0.05, 0.1) is 0 Å². The zero-order valence-corrected chi connectivity index (χ0v) is 17.3. The monoisotopic (exact) mass is 367 g/mol. The van der Waals surface area contributed by atoms with Crippen molar-refractivity contribution in [3.8, 4) is 11.1 Å². The maximum Gasteiger partial charge on any atom is 0.119 e. The van der Waals surface area contributed by atoms with Crippen LogP contribution in [-0.4, -0.2) is 12.8 Å². The lowest BCUT2D eigenvalue weighted by molar-refractivity contribution is 0.416. The third kappa shape index (κ3) is 2.72. The summed E-state index contributed by atoms with van der Waals surface area (Å²) in [6, 6.07) is 27.0. The van der Waals surface area contributed by atoms with E-state index < -0.39 is 8.24 Å². The molecule has 2 heteroatoms. The predicted octanol–water partition coefficient (Wildman–Crippen LogP) is 6.81. The highest BCUT2D eigenvalue weighted by molar-refractivity contribution is 6.73. The van der Waals surface area contributed by atoms with E-state index in [-0.39, 0.29) is 0 Å². The minimum atomic E-state index is -1.43. The van der Waals surface area contributed by atoms with Gasteiger partial charge in [0.15, 0.2) is 0 Å². The molecule has 0 saturated heterocycles. The molecule has 1 nitrogen and oxygen atoms in total. The molecule has 5 rings (SSSR count). The van der Waals surface area contributed by atoms with Gasteiger partial charge in [-0.15, -0.1) is 0 Å². The summed E-state index contributed by atoms with van der Waals surface area (Å²) in [5.41, 5.74) is 5.82. The molecule has 4 aromatic carbocycles. The highest BCUT2D eigenvalue weighted by atomic mass is 28.3. The summed E-state index contributed by atoms with van der Waals surface area (Å²) in [4.78, 5) is 0. The third-order valence-corrected chi connectivity index (χ3v) is 8.17. The van der Waals surface area contributed by atoms with Gasteiger partial charge in [-0.3, -0.25) is 0 Å². The maximum atomic E-state index is 2.74. The van der Waals surface area contributed by atoms with Crippen LogP contribution in [-0.2, 0) is 13.1 Å². The first-order valence-corrected chi connectivity index (χ1v) is 13.2. The van der Waals surface area contributed by atoms with Gasteiger partial charge >= 0.3 is 0 Å². The number of benzene rings is 4. The topological polar surface area (TPSA) is 3.24 Å². The van der Waals surface area contributed by atoms with Crippen molar-refractivity contribution in [3.63, 3.8) is 0 Å². The van der Waals surface area contributed by atoms with Crippen LogP contribution in [0.1, 0.15) is 11.1 Å². The molecule has 134 valence electrons. The molecule has 0 fully saturated rings. The molecule has 0 spiro atoms. The summed E-state index contributed by atoms with van der Waals surface area (Å²) in [7, 11) is -1.43. The van der Waals surface area contributed by atoms with Gasteiger partial charge in [0.1, 0.15) is 8.24 Å². The molecule has 0 unspecified atom stereocenters. The molecule has 27 heavy (non-hydrogen) atoms. The fraction of sp³-hybridized carbons (Fsp3) is 0.200. The standard InChI is InChI=1S/C25H25NSi/c1-27(2,3)26-16-20-14-12-18-8-4-6-10-22(18)24(20)25-21(17-26)15-13-19-9-5-7-11-23(19)25/h4-15H,16-17H2,1-3H3. The van der Waals surface area contributed by atoms with Gasteiger partial charge < -0.3 is 4.57 Å². The fourth-order valence-electron chi connectivity index (χ4n) is 4.43. The number of nitrogens with zero attached hydrogens (tertiary/aromatic N) is 1. The van der Waals surface area contributed by atoms with Crippen LogP contribution < -0.4 is 0 Å². The Balaban J connectivity index is 1.93. The van der Waals surface area contributed by atoms with Gasteiger partial charge in [-0.2, -0.15) is 0 Å². The number of hydrogen-bond acceptors (Lipinski definition) is 1. The van der Waals surface area contributed by atoms with Gasteiger partial charge in [0.2, 0.25) is 0 Å². The second-order valence-electron chi connectivity index (χ2n) is 8.67. The molecule has 1 aliphatic rings. The fourth-order valence-corrected chi connectivity index (χ4v) is 5.72. The highest BCUT2D eigenvalue weighted by Gasteiger charge is 2.29. The molecule has 0 saturated carbocycles. The molecule has 4 aromatic rings. The molecular formula is C25H25NSi. The maximum absolute atomic E-state index is 2.74. The number of rotatable bonds is 1. The first kappa shape index (κ1) is 16.7. The van der Waals surface area contributed by atoms with Crippen LogP contribution >= 0.6 is 0 Å². The smallest absolute Gasteiger partial charge is 0.119 e. The average Bonchev–Trinajstić information content (AvgIpc) is 2.85. The van der Waals surface area contributed by atoms with Crippen molar-refractivity contribution < 1.29 is 0 Å². The Morgan fingerprint density at radius 2 is 1.04 bits per heavy atom. The molecule has 0 atom stereocenters. The van der Waals surface area contributed by atoms with Crippen LogP contribution in [0.2, 0.25) is 19.6 Å². The number of hydrogen-bond donors (Lipinski definition) is 0. The van der Waals surface area contributed by atoms with Gasteiger partial charge in [-0.1, -0.05) is 92.4 Å². The summed E-state index contributed by atoms with van der Waals surface area (Å²) in [6.07, 6.45) is 0. The largest absolute Gasteiger partial charge is 0.316 e. The van der Waals surface area contributed by atoms with Crippen LogP contribution in [0.15, 0.2) is 72.8 Å². The second-order valence-corrected chi connectivity index (χ2v) is 13.6. The van der Waals surface area contributed by atoms with E-state index in [0.717, 1.165) is 13.1 Å². The van der Waals surface area contributed by atoms with Crippen molar-refractivity contribution in [1.82, 2.24) is 4.57 Å². The Hall–Kier alpha value is -2.42. The summed E-state index contributed by atoms with van der Waals surface area (Å²) >= 11 is 0. The quantitative estimate of drug-likeness (QED) is 0.334. The van der Waals surface area contributed by atoms with Gasteiger partial charge in [0.25, 0.3) is 0 Å². The summed E-state index contributed by atoms with van der Waals surface area (Å²) in [5.74, 6) is 0. The van der Waals surface area contributed by atoms with Crippen LogP contribution in [0.3, 0.4) is 0 Å². The lowest BCUT2D eigenvalue weighted by Crippen LogP contribution is -2.44. The van der Waals surface area contributed by atoms with E-state index in [2.05, 4.69) is 97.0 Å². The van der Waals surface area contributed by atoms with E-state index >= 15 is 0 Å². The van der Waals surface area contributed by atoms with E-state index in [9.17, 15) is 0 Å². The van der Waals surface area contributed by atoms with Gasteiger partial charge in [0, 0.05) is 13.1 Å². The first-order chi connectivity index (χ1) is 13.0.